The minimum Gasteiger partial charge on any atom is -0.355 e. The summed E-state index contributed by atoms with van der Waals surface area (Å²) < 4.78 is 0. The number of nitrogens with zero attached hydrogens (tertiary/aromatic N) is 3. The molecule has 4 heteroatoms. The Bertz CT molecular complexity index is 389. The topological polar surface area (TPSA) is 55.0 Å². The first-order chi connectivity index (χ1) is 7.61. The van der Waals surface area contributed by atoms with E-state index in [4.69, 9.17) is 5.73 Å². The molecule has 1 atom stereocenters. The molecule has 2 N–H and O–H groups in total. The van der Waals surface area contributed by atoms with Crippen molar-refractivity contribution >= 4 is 5.82 Å². The largest absolute Gasteiger partial charge is 0.355 e. The summed E-state index contributed by atoms with van der Waals surface area (Å²) in [6.07, 6.45) is 2.02. The molecule has 4 nitrogen and oxygen atoms in total. The first-order valence-electron chi connectivity index (χ1n) is 5.96. The van der Waals surface area contributed by atoms with E-state index in [1.165, 1.54) is 5.56 Å². The summed E-state index contributed by atoms with van der Waals surface area (Å²) in [6.45, 7) is 8.13. The van der Waals surface area contributed by atoms with Crippen molar-refractivity contribution in [3.8, 4) is 0 Å². The van der Waals surface area contributed by atoms with Gasteiger partial charge in [0.15, 0.2) is 0 Å². The molecule has 2 rings (SSSR count). The van der Waals surface area contributed by atoms with Gasteiger partial charge in [0.1, 0.15) is 11.6 Å². The fraction of sp³-hybridized carbons (Fsp3) is 0.667. The van der Waals surface area contributed by atoms with Crippen LogP contribution in [-0.4, -0.2) is 29.1 Å². The fourth-order valence-electron chi connectivity index (χ4n) is 2.30. The summed E-state index contributed by atoms with van der Waals surface area (Å²) in [5.41, 5.74) is 8.30. The Morgan fingerprint density at radius 1 is 1.38 bits per heavy atom. The third-order valence-electron chi connectivity index (χ3n) is 3.19. The lowest BCUT2D eigenvalue weighted by Crippen LogP contribution is -2.28. The lowest BCUT2D eigenvalue weighted by Gasteiger charge is -2.20. The van der Waals surface area contributed by atoms with Crippen LogP contribution in [0.1, 0.15) is 30.4 Å². The smallest absolute Gasteiger partial charge is 0.135 e. The van der Waals surface area contributed by atoms with Crippen LogP contribution < -0.4 is 10.6 Å². The van der Waals surface area contributed by atoms with E-state index in [2.05, 4.69) is 28.7 Å². The molecule has 0 bridgehead atoms. The first kappa shape index (κ1) is 11.3. The van der Waals surface area contributed by atoms with Crippen molar-refractivity contribution in [2.45, 2.75) is 39.7 Å². The number of rotatable bonds is 2. The van der Waals surface area contributed by atoms with Gasteiger partial charge >= 0.3 is 0 Å². The van der Waals surface area contributed by atoms with Crippen LogP contribution in [0.15, 0.2) is 0 Å². The Hall–Kier alpha value is -1.16. The second-order valence-corrected chi connectivity index (χ2v) is 4.51. The molecule has 0 aromatic carbocycles. The maximum absolute atomic E-state index is 5.94. The summed E-state index contributed by atoms with van der Waals surface area (Å²) in [6, 6.07) is 0.291. The fourth-order valence-corrected chi connectivity index (χ4v) is 2.30. The van der Waals surface area contributed by atoms with Crippen molar-refractivity contribution < 1.29 is 0 Å². The molecule has 88 valence electrons. The third kappa shape index (κ3) is 2.02. The van der Waals surface area contributed by atoms with Crippen molar-refractivity contribution in [2.24, 2.45) is 5.73 Å². The third-order valence-corrected chi connectivity index (χ3v) is 3.19. The number of hydrogen-bond acceptors (Lipinski definition) is 4. The Balaban J connectivity index is 2.36. The quantitative estimate of drug-likeness (QED) is 0.813. The number of nitrogens with two attached hydrogens (primary N) is 1. The first-order valence-corrected chi connectivity index (χ1v) is 5.96. The van der Waals surface area contributed by atoms with Gasteiger partial charge in [-0.25, -0.2) is 9.97 Å². The van der Waals surface area contributed by atoms with Crippen LogP contribution in [0.4, 0.5) is 5.82 Å². The summed E-state index contributed by atoms with van der Waals surface area (Å²) >= 11 is 0. The van der Waals surface area contributed by atoms with Gasteiger partial charge in [-0.3, -0.25) is 0 Å². The average molecular weight is 220 g/mol. The SMILES string of the molecule is CCc1nc(C)nc(N2CCC(N)C2)c1C. The van der Waals surface area contributed by atoms with Crippen molar-refractivity contribution in [1.82, 2.24) is 9.97 Å². The predicted octanol–water partition coefficient (Wildman–Crippen LogP) is 1.19. The molecule has 0 radical (unpaired) electrons. The van der Waals surface area contributed by atoms with Crippen LogP contribution in [0.3, 0.4) is 0 Å². The van der Waals surface area contributed by atoms with E-state index in [9.17, 15) is 0 Å². The molecule has 1 aliphatic heterocycles. The van der Waals surface area contributed by atoms with Crippen LogP contribution >= 0.6 is 0 Å². The van der Waals surface area contributed by atoms with E-state index in [0.29, 0.717) is 6.04 Å². The lowest BCUT2D eigenvalue weighted by atomic mass is 10.2. The van der Waals surface area contributed by atoms with E-state index >= 15 is 0 Å². The molecule has 1 aromatic rings. The van der Waals surface area contributed by atoms with Crippen LogP contribution in [0.25, 0.3) is 0 Å². The van der Waals surface area contributed by atoms with Crippen molar-refractivity contribution in [3.05, 3.63) is 17.1 Å². The Labute approximate surface area is 96.9 Å². The molecule has 0 aliphatic carbocycles. The van der Waals surface area contributed by atoms with E-state index in [-0.39, 0.29) is 0 Å². The molecule has 1 saturated heterocycles. The van der Waals surface area contributed by atoms with Gasteiger partial charge in [0.25, 0.3) is 0 Å². The van der Waals surface area contributed by atoms with Crippen molar-refractivity contribution in [1.29, 1.82) is 0 Å². The number of anilines is 1. The molecule has 0 saturated carbocycles. The highest BCUT2D eigenvalue weighted by atomic mass is 15.2. The van der Waals surface area contributed by atoms with Crippen LogP contribution in [0.5, 0.6) is 0 Å². The van der Waals surface area contributed by atoms with Gasteiger partial charge in [0.2, 0.25) is 0 Å². The Kier molecular flexibility index (Phi) is 3.10. The highest BCUT2D eigenvalue weighted by Crippen LogP contribution is 2.23. The summed E-state index contributed by atoms with van der Waals surface area (Å²) in [5.74, 6) is 1.94. The summed E-state index contributed by atoms with van der Waals surface area (Å²) in [7, 11) is 0. The zero-order chi connectivity index (χ0) is 11.7. The van der Waals surface area contributed by atoms with Crippen molar-refractivity contribution in [3.63, 3.8) is 0 Å². The van der Waals surface area contributed by atoms with Gasteiger partial charge in [-0.2, -0.15) is 0 Å². The second-order valence-electron chi connectivity index (χ2n) is 4.51. The molecule has 16 heavy (non-hydrogen) atoms. The summed E-state index contributed by atoms with van der Waals surface area (Å²) in [4.78, 5) is 11.3. The summed E-state index contributed by atoms with van der Waals surface area (Å²) in [5, 5.41) is 0. The van der Waals surface area contributed by atoms with E-state index in [0.717, 1.165) is 43.3 Å². The number of aromatic nitrogens is 2. The van der Waals surface area contributed by atoms with Gasteiger partial charge < -0.3 is 10.6 Å². The number of aryl methyl sites for hydroxylation is 2. The van der Waals surface area contributed by atoms with Crippen molar-refractivity contribution in [2.75, 3.05) is 18.0 Å². The normalized spacial score (nSPS) is 20.5. The monoisotopic (exact) mass is 220 g/mol. The molecule has 1 fully saturated rings. The maximum atomic E-state index is 5.94. The molecule has 2 heterocycles. The number of hydrogen-bond donors (Lipinski definition) is 1. The minimum atomic E-state index is 0.291. The van der Waals surface area contributed by atoms with Gasteiger partial charge in [-0.15, -0.1) is 0 Å². The minimum absolute atomic E-state index is 0.291. The molecular weight excluding hydrogens is 200 g/mol. The molecule has 1 unspecified atom stereocenters. The Morgan fingerprint density at radius 3 is 2.69 bits per heavy atom. The maximum Gasteiger partial charge on any atom is 0.135 e. The molecule has 0 spiro atoms. The highest BCUT2D eigenvalue weighted by Gasteiger charge is 2.22. The Morgan fingerprint density at radius 2 is 2.12 bits per heavy atom. The van der Waals surface area contributed by atoms with E-state index in [1.807, 2.05) is 6.92 Å². The zero-order valence-corrected chi connectivity index (χ0v) is 10.3. The average Bonchev–Trinajstić information content (AvgIpc) is 2.67. The van der Waals surface area contributed by atoms with Gasteiger partial charge in [-0.05, 0) is 26.7 Å². The molecule has 0 amide bonds. The van der Waals surface area contributed by atoms with Crippen LogP contribution in [0.2, 0.25) is 0 Å². The standard InChI is InChI=1S/C12H20N4/c1-4-11-8(2)12(15-9(3)14-11)16-6-5-10(13)7-16/h10H,4-7,13H2,1-3H3. The van der Waals surface area contributed by atoms with Gasteiger partial charge in [0, 0.05) is 30.4 Å². The molecular formula is C12H20N4. The molecule has 1 aromatic heterocycles. The molecule has 1 aliphatic rings. The van der Waals surface area contributed by atoms with E-state index in [1.54, 1.807) is 0 Å². The lowest BCUT2D eigenvalue weighted by molar-refractivity contribution is 0.750. The predicted molar refractivity (Wildman–Crippen MR) is 65.7 cm³/mol. The van der Waals surface area contributed by atoms with E-state index < -0.39 is 0 Å². The van der Waals surface area contributed by atoms with Gasteiger partial charge in [-0.1, -0.05) is 6.92 Å². The second kappa shape index (κ2) is 4.37. The zero-order valence-electron chi connectivity index (χ0n) is 10.3. The van der Waals surface area contributed by atoms with Crippen LogP contribution in [0, 0.1) is 13.8 Å². The highest BCUT2D eigenvalue weighted by molar-refractivity contribution is 5.49. The van der Waals surface area contributed by atoms with Gasteiger partial charge in [0.05, 0.1) is 0 Å². The van der Waals surface area contributed by atoms with Crippen LogP contribution in [-0.2, 0) is 6.42 Å².